The zero-order valence-corrected chi connectivity index (χ0v) is 23.0. The van der Waals surface area contributed by atoms with Crippen molar-refractivity contribution in [2.45, 2.75) is 12.3 Å². The molecule has 0 radical (unpaired) electrons. The van der Waals surface area contributed by atoms with E-state index in [1.54, 1.807) is 0 Å². The molecular weight excluding hydrogens is 512 g/mol. The molecule has 2 heterocycles. The fourth-order valence-electron chi connectivity index (χ4n) is 6.19. The number of benzene rings is 5. The second-order valence-corrected chi connectivity index (χ2v) is 10.8. The number of fused-ring (bicyclic) bond motifs is 5. The van der Waals surface area contributed by atoms with Crippen molar-refractivity contribution in [2.75, 3.05) is 4.90 Å². The van der Waals surface area contributed by atoms with Crippen LogP contribution >= 0.6 is 0 Å². The largest absolute Gasteiger partial charge is 0.454 e. The van der Waals surface area contributed by atoms with Gasteiger partial charge in [-0.05, 0) is 70.8 Å². The van der Waals surface area contributed by atoms with E-state index in [-0.39, 0.29) is 5.92 Å². The maximum absolute atomic E-state index is 6.48. The standard InChI is InChI=1S/C39H28N2O/c1-3-9-27(10-4-1)28-15-20-32(21-16-28)41(31-12-5-2-6-13-31)33-22-17-30(18-23-33)35-25-26-40-38-37-34-14-8-7-11-29(34)19-24-36(37)42-39(35)38/h1-17,19-26,30H,18H2. The number of hydrogen-bond acceptors (Lipinski definition) is 3. The monoisotopic (exact) mass is 540 g/mol. The molecule has 0 amide bonds. The summed E-state index contributed by atoms with van der Waals surface area (Å²) in [6.45, 7) is 0. The summed E-state index contributed by atoms with van der Waals surface area (Å²) in [5, 5.41) is 3.47. The number of rotatable bonds is 5. The molecule has 0 saturated carbocycles. The highest BCUT2D eigenvalue weighted by atomic mass is 16.3. The van der Waals surface area contributed by atoms with Crippen LogP contribution in [0.4, 0.5) is 11.4 Å². The molecule has 1 aliphatic rings. The maximum Gasteiger partial charge on any atom is 0.157 e. The minimum absolute atomic E-state index is 0.198. The molecule has 200 valence electrons. The number of nitrogens with zero attached hydrogens (tertiary/aromatic N) is 2. The maximum atomic E-state index is 6.48. The van der Waals surface area contributed by atoms with E-state index in [9.17, 15) is 0 Å². The fraction of sp³-hybridized carbons (Fsp3) is 0.0513. The van der Waals surface area contributed by atoms with Gasteiger partial charge >= 0.3 is 0 Å². The van der Waals surface area contributed by atoms with Gasteiger partial charge in [-0.1, -0.05) is 103 Å². The molecule has 8 rings (SSSR count). The Bertz CT molecular complexity index is 2110. The number of pyridine rings is 1. The summed E-state index contributed by atoms with van der Waals surface area (Å²) >= 11 is 0. The van der Waals surface area contributed by atoms with Gasteiger partial charge in [0.05, 0.1) is 5.39 Å². The quantitative estimate of drug-likeness (QED) is 0.217. The highest BCUT2D eigenvalue weighted by molar-refractivity contribution is 6.17. The second kappa shape index (κ2) is 10.2. The molecule has 3 nitrogen and oxygen atoms in total. The van der Waals surface area contributed by atoms with Gasteiger partial charge in [-0.25, -0.2) is 0 Å². The van der Waals surface area contributed by atoms with E-state index < -0.39 is 0 Å². The third-order valence-electron chi connectivity index (χ3n) is 8.26. The Morgan fingerprint density at radius 1 is 0.667 bits per heavy atom. The zero-order chi connectivity index (χ0) is 27.9. The van der Waals surface area contributed by atoms with Crippen molar-refractivity contribution < 1.29 is 4.42 Å². The third kappa shape index (κ3) is 4.18. The van der Waals surface area contributed by atoms with E-state index >= 15 is 0 Å². The van der Waals surface area contributed by atoms with Crippen LogP contribution in [0.2, 0.25) is 0 Å². The second-order valence-electron chi connectivity index (χ2n) is 10.8. The average Bonchev–Trinajstić information content (AvgIpc) is 3.46. The van der Waals surface area contributed by atoms with Crippen LogP contribution in [-0.2, 0) is 0 Å². The number of hydrogen-bond donors (Lipinski definition) is 0. The van der Waals surface area contributed by atoms with E-state index in [1.165, 1.54) is 27.5 Å². The predicted octanol–water partition coefficient (Wildman–Crippen LogP) is 10.6. The molecule has 1 aliphatic carbocycles. The number of anilines is 2. The predicted molar refractivity (Wildman–Crippen MR) is 174 cm³/mol. The Morgan fingerprint density at radius 2 is 1.38 bits per heavy atom. The van der Waals surface area contributed by atoms with Crippen LogP contribution in [0.3, 0.4) is 0 Å². The van der Waals surface area contributed by atoms with E-state index in [4.69, 9.17) is 9.40 Å². The zero-order valence-electron chi connectivity index (χ0n) is 23.0. The van der Waals surface area contributed by atoms with E-state index in [0.29, 0.717) is 0 Å². The van der Waals surface area contributed by atoms with Gasteiger partial charge in [0.25, 0.3) is 0 Å². The average molecular weight is 541 g/mol. The van der Waals surface area contributed by atoms with E-state index in [0.717, 1.165) is 45.6 Å². The van der Waals surface area contributed by atoms with Crippen molar-refractivity contribution in [1.82, 2.24) is 4.98 Å². The number of para-hydroxylation sites is 1. The van der Waals surface area contributed by atoms with Gasteiger partial charge < -0.3 is 9.32 Å². The van der Waals surface area contributed by atoms with E-state index in [1.807, 2.05) is 6.20 Å². The summed E-state index contributed by atoms with van der Waals surface area (Å²) in [6.07, 6.45) is 9.69. The summed E-state index contributed by atoms with van der Waals surface area (Å²) in [4.78, 5) is 7.12. The normalized spacial score (nSPS) is 14.9. The van der Waals surface area contributed by atoms with Crippen molar-refractivity contribution in [3.63, 3.8) is 0 Å². The first kappa shape index (κ1) is 24.4. The van der Waals surface area contributed by atoms with Gasteiger partial charge in [-0.2, -0.15) is 0 Å². The lowest BCUT2D eigenvalue weighted by atomic mass is 9.91. The van der Waals surface area contributed by atoms with Crippen molar-refractivity contribution >= 4 is 44.2 Å². The Kier molecular flexibility index (Phi) is 5.93. The molecule has 0 fully saturated rings. The number of furan rings is 1. The van der Waals surface area contributed by atoms with Crippen molar-refractivity contribution in [3.05, 3.63) is 163 Å². The van der Waals surface area contributed by atoms with Crippen molar-refractivity contribution in [3.8, 4) is 11.1 Å². The topological polar surface area (TPSA) is 29.3 Å². The molecule has 1 unspecified atom stereocenters. The fourth-order valence-corrected chi connectivity index (χ4v) is 6.19. The molecule has 5 aromatic carbocycles. The highest BCUT2D eigenvalue weighted by Gasteiger charge is 2.22. The lowest BCUT2D eigenvalue weighted by Crippen LogP contribution is -2.17. The van der Waals surface area contributed by atoms with Crippen LogP contribution in [0.5, 0.6) is 0 Å². The van der Waals surface area contributed by atoms with Gasteiger partial charge in [-0.15, -0.1) is 0 Å². The lowest BCUT2D eigenvalue weighted by molar-refractivity contribution is 0.656. The Hall–Kier alpha value is -5.41. The van der Waals surface area contributed by atoms with Gasteiger partial charge in [0.1, 0.15) is 11.1 Å². The highest BCUT2D eigenvalue weighted by Crippen LogP contribution is 2.40. The van der Waals surface area contributed by atoms with Crippen LogP contribution < -0.4 is 4.90 Å². The Labute approximate surface area is 244 Å². The summed E-state index contributed by atoms with van der Waals surface area (Å²) in [5.74, 6) is 0.198. The van der Waals surface area contributed by atoms with Crippen LogP contribution in [-0.4, -0.2) is 4.98 Å². The first-order valence-electron chi connectivity index (χ1n) is 14.4. The SMILES string of the molecule is C1=CC(c2ccnc3c2oc2ccc4ccccc4c23)CC=C1N(c1ccccc1)c1ccc(-c2ccccc2)cc1. The van der Waals surface area contributed by atoms with Gasteiger partial charge in [0, 0.05) is 34.8 Å². The molecular formula is C39H28N2O. The lowest BCUT2D eigenvalue weighted by Gasteiger charge is -2.29. The molecule has 7 aromatic rings. The minimum atomic E-state index is 0.198. The summed E-state index contributed by atoms with van der Waals surface area (Å²) < 4.78 is 6.48. The van der Waals surface area contributed by atoms with Crippen LogP contribution in [0, 0.1) is 0 Å². The smallest absolute Gasteiger partial charge is 0.157 e. The van der Waals surface area contributed by atoms with Crippen LogP contribution in [0.15, 0.2) is 162 Å². The Morgan fingerprint density at radius 3 is 2.17 bits per heavy atom. The first-order valence-corrected chi connectivity index (χ1v) is 14.4. The summed E-state index contributed by atoms with van der Waals surface area (Å²) in [6, 6.07) is 44.7. The molecule has 0 aliphatic heterocycles. The molecule has 0 N–H and O–H groups in total. The minimum Gasteiger partial charge on any atom is -0.454 e. The van der Waals surface area contributed by atoms with Crippen molar-refractivity contribution in [2.24, 2.45) is 0 Å². The van der Waals surface area contributed by atoms with E-state index in [2.05, 4.69) is 151 Å². The summed E-state index contributed by atoms with van der Waals surface area (Å²) in [7, 11) is 0. The molecule has 3 heteroatoms. The van der Waals surface area contributed by atoms with Gasteiger partial charge in [-0.3, -0.25) is 4.98 Å². The van der Waals surface area contributed by atoms with Crippen LogP contribution in [0.25, 0.3) is 44.0 Å². The first-order chi connectivity index (χ1) is 20.8. The number of aromatic nitrogens is 1. The molecule has 2 aromatic heterocycles. The third-order valence-corrected chi connectivity index (χ3v) is 8.26. The summed E-state index contributed by atoms with van der Waals surface area (Å²) in [5.41, 5.74) is 9.72. The number of allylic oxidation sites excluding steroid dienone is 3. The van der Waals surface area contributed by atoms with Gasteiger partial charge in [0.2, 0.25) is 0 Å². The van der Waals surface area contributed by atoms with Crippen LogP contribution in [0.1, 0.15) is 17.9 Å². The molecule has 0 saturated heterocycles. The molecule has 1 atom stereocenters. The molecule has 0 bridgehead atoms. The molecule has 42 heavy (non-hydrogen) atoms. The van der Waals surface area contributed by atoms with Crippen molar-refractivity contribution in [1.29, 1.82) is 0 Å². The Balaban J connectivity index is 1.15. The molecule has 0 spiro atoms. The van der Waals surface area contributed by atoms with Gasteiger partial charge in [0.15, 0.2) is 5.58 Å².